The van der Waals surface area contributed by atoms with Crippen molar-refractivity contribution in [2.24, 2.45) is 23.7 Å². The minimum atomic E-state index is 0.262. The number of hydrogen-bond donors (Lipinski definition) is 1. The standard InChI is InChI=1S/C13H23NO/c1-9(2)12-7-10-5-3-4-6-11(10)8-14-13(12)15/h9-12H,3-8H2,1-2H3,(H,14,15). The van der Waals surface area contributed by atoms with E-state index in [2.05, 4.69) is 19.2 Å². The molecule has 1 heterocycles. The first kappa shape index (κ1) is 11.0. The molecule has 86 valence electrons. The molecule has 3 atom stereocenters. The lowest BCUT2D eigenvalue weighted by atomic mass is 9.74. The maximum atomic E-state index is 11.9. The molecular weight excluding hydrogens is 186 g/mol. The van der Waals surface area contributed by atoms with Crippen molar-refractivity contribution in [1.82, 2.24) is 5.32 Å². The number of carbonyl (C=O) groups is 1. The highest BCUT2D eigenvalue weighted by Crippen LogP contribution is 2.37. The molecule has 1 aliphatic carbocycles. The third-order valence-corrected chi connectivity index (χ3v) is 4.30. The number of amides is 1. The summed E-state index contributed by atoms with van der Waals surface area (Å²) in [5, 5.41) is 3.14. The summed E-state index contributed by atoms with van der Waals surface area (Å²) >= 11 is 0. The van der Waals surface area contributed by atoms with Crippen LogP contribution < -0.4 is 5.32 Å². The van der Waals surface area contributed by atoms with E-state index in [-0.39, 0.29) is 5.92 Å². The van der Waals surface area contributed by atoms with Crippen molar-refractivity contribution < 1.29 is 4.79 Å². The molecule has 2 aliphatic rings. The second kappa shape index (κ2) is 4.54. The summed E-state index contributed by atoms with van der Waals surface area (Å²) in [5.74, 6) is 2.64. The van der Waals surface area contributed by atoms with Crippen LogP contribution in [0.3, 0.4) is 0 Å². The summed E-state index contributed by atoms with van der Waals surface area (Å²) in [4.78, 5) is 11.9. The minimum absolute atomic E-state index is 0.262. The highest BCUT2D eigenvalue weighted by atomic mass is 16.1. The van der Waals surface area contributed by atoms with Gasteiger partial charge in [-0.3, -0.25) is 4.79 Å². The lowest BCUT2D eigenvalue weighted by molar-refractivity contribution is -0.126. The Balaban J connectivity index is 2.07. The number of hydrogen-bond acceptors (Lipinski definition) is 1. The second-order valence-corrected chi connectivity index (χ2v) is 5.64. The highest BCUT2D eigenvalue weighted by molar-refractivity contribution is 5.79. The van der Waals surface area contributed by atoms with Gasteiger partial charge in [0.25, 0.3) is 0 Å². The summed E-state index contributed by atoms with van der Waals surface area (Å²) in [6, 6.07) is 0. The summed E-state index contributed by atoms with van der Waals surface area (Å²) < 4.78 is 0. The average Bonchev–Trinajstić information content (AvgIpc) is 2.39. The van der Waals surface area contributed by atoms with Crippen LogP contribution in [0.2, 0.25) is 0 Å². The van der Waals surface area contributed by atoms with Gasteiger partial charge >= 0.3 is 0 Å². The van der Waals surface area contributed by atoms with E-state index in [4.69, 9.17) is 0 Å². The van der Waals surface area contributed by atoms with Gasteiger partial charge < -0.3 is 5.32 Å². The van der Waals surface area contributed by atoms with Gasteiger partial charge in [0.1, 0.15) is 0 Å². The van der Waals surface area contributed by atoms with Crippen LogP contribution in [-0.4, -0.2) is 12.5 Å². The van der Waals surface area contributed by atoms with E-state index in [0.717, 1.165) is 24.8 Å². The monoisotopic (exact) mass is 209 g/mol. The van der Waals surface area contributed by atoms with Crippen LogP contribution >= 0.6 is 0 Å². The van der Waals surface area contributed by atoms with Crippen molar-refractivity contribution in [3.8, 4) is 0 Å². The van der Waals surface area contributed by atoms with Gasteiger partial charge in [0.2, 0.25) is 5.91 Å². The molecule has 1 amide bonds. The fourth-order valence-electron chi connectivity index (χ4n) is 3.23. The quantitative estimate of drug-likeness (QED) is 0.706. The van der Waals surface area contributed by atoms with Gasteiger partial charge in [-0.25, -0.2) is 0 Å². The zero-order valence-corrected chi connectivity index (χ0v) is 9.96. The van der Waals surface area contributed by atoms with Crippen LogP contribution in [0.15, 0.2) is 0 Å². The zero-order valence-electron chi connectivity index (χ0n) is 9.96. The Hall–Kier alpha value is -0.530. The third-order valence-electron chi connectivity index (χ3n) is 4.30. The van der Waals surface area contributed by atoms with Gasteiger partial charge in [0.15, 0.2) is 0 Å². The highest BCUT2D eigenvalue weighted by Gasteiger charge is 2.34. The molecule has 0 aromatic carbocycles. The molecule has 15 heavy (non-hydrogen) atoms. The fraction of sp³-hybridized carbons (Fsp3) is 0.923. The summed E-state index contributed by atoms with van der Waals surface area (Å²) in [6.07, 6.45) is 6.55. The molecule has 2 nitrogen and oxygen atoms in total. The molecule has 1 saturated heterocycles. The van der Waals surface area contributed by atoms with Crippen molar-refractivity contribution in [1.29, 1.82) is 0 Å². The maximum absolute atomic E-state index is 11.9. The molecule has 2 rings (SSSR count). The Bertz CT molecular complexity index is 237. The lowest BCUT2D eigenvalue weighted by Crippen LogP contribution is -2.33. The third kappa shape index (κ3) is 2.35. The number of nitrogens with one attached hydrogen (secondary N) is 1. The molecule has 3 unspecified atom stereocenters. The first-order valence-corrected chi connectivity index (χ1v) is 6.46. The molecule has 0 spiro atoms. The largest absolute Gasteiger partial charge is 0.356 e. The van der Waals surface area contributed by atoms with Crippen LogP contribution in [0.25, 0.3) is 0 Å². The second-order valence-electron chi connectivity index (χ2n) is 5.64. The molecule has 1 aliphatic heterocycles. The molecule has 1 saturated carbocycles. The summed E-state index contributed by atoms with van der Waals surface area (Å²) in [5.41, 5.74) is 0. The van der Waals surface area contributed by atoms with E-state index < -0.39 is 0 Å². The molecule has 0 bridgehead atoms. The molecular formula is C13H23NO. The molecule has 0 radical (unpaired) electrons. The van der Waals surface area contributed by atoms with E-state index in [0.29, 0.717) is 11.8 Å². The van der Waals surface area contributed by atoms with E-state index in [1.54, 1.807) is 0 Å². The van der Waals surface area contributed by atoms with E-state index >= 15 is 0 Å². The predicted octanol–water partition coefficient (Wildman–Crippen LogP) is 2.58. The van der Waals surface area contributed by atoms with Crippen molar-refractivity contribution in [3.63, 3.8) is 0 Å². The number of carbonyl (C=O) groups excluding carboxylic acids is 1. The first-order chi connectivity index (χ1) is 7.18. The Morgan fingerprint density at radius 1 is 1.20 bits per heavy atom. The molecule has 0 aromatic heterocycles. The van der Waals surface area contributed by atoms with Crippen LogP contribution in [0.5, 0.6) is 0 Å². The Labute approximate surface area is 92.8 Å². The van der Waals surface area contributed by atoms with Crippen molar-refractivity contribution >= 4 is 5.91 Å². The normalized spacial score (nSPS) is 37.0. The number of rotatable bonds is 1. The van der Waals surface area contributed by atoms with Gasteiger partial charge in [0, 0.05) is 12.5 Å². The zero-order chi connectivity index (χ0) is 10.8. The Morgan fingerprint density at radius 2 is 1.87 bits per heavy atom. The molecule has 0 aromatic rings. The lowest BCUT2D eigenvalue weighted by Gasteiger charge is -2.30. The number of fused-ring (bicyclic) bond motifs is 1. The van der Waals surface area contributed by atoms with Gasteiger partial charge in [-0.15, -0.1) is 0 Å². The van der Waals surface area contributed by atoms with E-state index in [1.165, 1.54) is 25.7 Å². The fourth-order valence-corrected chi connectivity index (χ4v) is 3.23. The van der Waals surface area contributed by atoms with Crippen LogP contribution in [0, 0.1) is 23.7 Å². The Kier molecular flexibility index (Phi) is 3.32. The Morgan fingerprint density at radius 3 is 2.53 bits per heavy atom. The predicted molar refractivity (Wildman–Crippen MR) is 61.4 cm³/mol. The first-order valence-electron chi connectivity index (χ1n) is 6.46. The topological polar surface area (TPSA) is 29.1 Å². The van der Waals surface area contributed by atoms with Crippen molar-refractivity contribution in [3.05, 3.63) is 0 Å². The van der Waals surface area contributed by atoms with Gasteiger partial charge in [-0.05, 0) is 30.6 Å². The SMILES string of the molecule is CC(C)C1CC2CCCCC2CNC1=O. The van der Waals surface area contributed by atoms with Gasteiger partial charge in [0.05, 0.1) is 0 Å². The summed E-state index contributed by atoms with van der Waals surface area (Å²) in [6.45, 7) is 5.29. The smallest absolute Gasteiger partial charge is 0.223 e. The van der Waals surface area contributed by atoms with Crippen molar-refractivity contribution in [2.75, 3.05) is 6.54 Å². The minimum Gasteiger partial charge on any atom is -0.356 e. The van der Waals surface area contributed by atoms with Crippen molar-refractivity contribution in [2.45, 2.75) is 46.0 Å². The molecule has 1 N–H and O–H groups in total. The van der Waals surface area contributed by atoms with Gasteiger partial charge in [-0.2, -0.15) is 0 Å². The van der Waals surface area contributed by atoms with Gasteiger partial charge in [-0.1, -0.05) is 33.1 Å². The van der Waals surface area contributed by atoms with Crippen LogP contribution in [-0.2, 0) is 4.79 Å². The van der Waals surface area contributed by atoms with Crippen LogP contribution in [0.1, 0.15) is 46.0 Å². The van der Waals surface area contributed by atoms with E-state index in [9.17, 15) is 4.79 Å². The van der Waals surface area contributed by atoms with E-state index in [1.807, 2.05) is 0 Å². The maximum Gasteiger partial charge on any atom is 0.223 e. The average molecular weight is 209 g/mol. The van der Waals surface area contributed by atoms with Crippen LogP contribution in [0.4, 0.5) is 0 Å². The molecule has 2 heteroatoms. The summed E-state index contributed by atoms with van der Waals surface area (Å²) in [7, 11) is 0. The molecule has 2 fully saturated rings.